The predicted octanol–water partition coefficient (Wildman–Crippen LogP) is 3.98. The Morgan fingerprint density at radius 3 is 2.54 bits per heavy atom. The van der Waals surface area contributed by atoms with E-state index in [2.05, 4.69) is 26.2 Å². The van der Waals surface area contributed by atoms with Crippen LogP contribution in [0.15, 0.2) is 47.1 Å². The number of nitrogens with zero attached hydrogens (tertiary/aromatic N) is 3. The molecule has 5 nitrogen and oxygen atoms in total. The molecule has 1 amide bonds. The molecule has 2 heterocycles. The van der Waals surface area contributed by atoms with Crippen LogP contribution in [0.2, 0.25) is 0 Å². The second kappa shape index (κ2) is 6.65. The van der Waals surface area contributed by atoms with Crippen LogP contribution in [0.4, 0.5) is 11.4 Å². The maximum atomic E-state index is 12.8. The maximum Gasteiger partial charge on any atom is 0.274 e. The molecular weight excluding hydrogens is 368 g/mol. The number of hydrogen-bond donors (Lipinski definition) is 1. The summed E-state index contributed by atoms with van der Waals surface area (Å²) in [4.78, 5) is 19.4. The Morgan fingerprint density at radius 1 is 1.21 bits per heavy atom. The fourth-order valence-corrected chi connectivity index (χ4v) is 2.92. The van der Waals surface area contributed by atoms with E-state index in [-0.39, 0.29) is 5.91 Å². The lowest BCUT2D eigenvalue weighted by Crippen LogP contribution is -2.16. The van der Waals surface area contributed by atoms with E-state index < -0.39 is 0 Å². The lowest BCUT2D eigenvalue weighted by molar-refractivity contribution is 0.102. The average molecular weight is 387 g/mol. The summed E-state index contributed by atoms with van der Waals surface area (Å²) < 4.78 is 2.73. The van der Waals surface area contributed by atoms with Gasteiger partial charge in [-0.05, 0) is 58.7 Å². The molecule has 0 saturated carbocycles. The van der Waals surface area contributed by atoms with E-state index in [4.69, 9.17) is 0 Å². The third-order valence-electron chi connectivity index (χ3n) is 3.85. The van der Waals surface area contributed by atoms with E-state index >= 15 is 0 Å². The van der Waals surface area contributed by atoms with Gasteiger partial charge >= 0.3 is 0 Å². The Morgan fingerprint density at radius 2 is 1.92 bits per heavy atom. The molecule has 1 aromatic carbocycles. The molecule has 1 N–H and O–H groups in total. The zero-order valence-electron chi connectivity index (χ0n) is 13.9. The predicted molar refractivity (Wildman–Crippen MR) is 101 cm³/mol. The summed E-state index contributed by atoms with van der Waals surface area (Å²) in [6, 6.07) is 11.6. The molecule has 0 saturated heterocycles. The smallest absolute Gasteiger partial charge is 0.274 e. The van der Waals surface area contributed by atoms with Crippen LogP contribution < -0.4 is 10.2 Å². The number of halogens is 1. The summed E-state index contributed by atoms with van der Waals surface area (Å²) in [5.74, 6) is -0.157. The molecule has 2 aromatic heterocycles. The minimum absolute atomic E-state index is 0.157. The van der Waals surface area contributed by atoms with Crippen molar-refractivity contribution in [2.24, 2.45) is 0 Å². The molecule has 3 aromatic rings. The molecule has 0 spiro atoms. The lowest BCUT2D eigenvalue weighted by atomic mass is 10.2. The third kappa shape index (κ3) is 3.14. The quantitative estimate of drug-likeness (QED) is 0.737. The second-order valence-electron chi connectivity index (χ2n) is 5.73. The van der Waals surface area contributed by atoms with Crippen molar-refractivity contribution in [2.45, 2.75) is 13.3 Å². The first-order valence-corrected chi connectivity index (χ1v) is 8.54. The minimum atomic E-state index is -0.157. The van der Waals surface area contributed by atoms with Gasteiger partial charge in [0.05, 0.1) is 5.69 Å². The van der Waals surface area contributed by atoms with Crippen LogP contribution in [0.5, 0.6) is 0 Å². The Hall–Kier alpha value is -2.34. The SMILES string of the molecule is CCc1nc2ccc(Br)cn2c1C(=O)Nc1ccc(N(C)C)cc1. The number of carbonyl (C=O) groups is 1. The van der Waals surface area contributed by atoms with E-state index in [1.165, 1.54) is 0 Å². The van der Waals surface area contributed by atoms with Gasteiger partial charge in [0.15, 0.2) is 0 Å². The highest BCUT2D eigenvalue weighted by molar-refractivity contribution is 9.10. The number of amides is 1. The van der Waals surface area contributed by atoms with Gasteiger partial charge in [-0.2, -0.15) is 0 Å². The lowest BCUT2D eigenvalue weighted by Gasteiger charge is -2.13. The number of hydrogen-bond acceptors (Lipinski definition) is 3. The van der Waals surface area contributed by atoms with Crippen molar-refractivity contribution in [1.82, 2.24) is 9.38 Å². The molecule has 0 aliphatic rings. The fraction of sp³-hybridized carbons (Fsp3) is 0.222. The molecule has 3 rings (SSSR count). The van der Waals surface area contributed by atoms with Gasteiger partial charge in [-0.3, -0.25) is 9.20 Å². The molecule has 0 unspecified atom stereocenters. The largest absolute Gasteiger partial charge is 0.378 e. The van der Waals surface area contributed by atoms with Gasteiger partial charge in [-0.25, -0.2) is 4.98 Å². The molecule has 0 radical (unpaired) electrons. The van der Waals surface area contributed by atoms with Crippen LogP contribution in [-0.4, -0.2) is 29.4 Å². The second-order valence-corrected chi connectivity index (χ2v) is 6.65. The van der Waals surface area contributed by atoms with Gasteiger partial charge in [0.2, 0.25) is 0 Å². The molecule has 124 valence electrons. The number of aromatic nitrogens is 2. The summed E-state index contributed by atoms with van der Waals surface area (Å²) in [6.45, 7) is 2.00. The zero-order valence-corrected chi connectivity index (χ0v) is 15.5. The number of fused-ring (bicyclic) bond motifs is 1. The number of rotatable bonds is 4. The molecule has 6 heteroatoms. The van der Waals surface area contributed by atoms with Gasteiger partial charge in [0.1, 0.15) is 11.3 Å². The summed E-state index contributed by atoms with van der Waals surface area (Å²) >= 11 is 3.45. The van der Waals surface area contributed by atoms with Crippen LogP contribution in [0.25, 0.3) is 5.65 Å². The van der Waals surface area contributed by atoms with Crippen LogP contribution >= 0.6 is 15.9 Å². The molecule has 0 fully saturated rings. The Bertz CT molecular complexity index is 884. The van der Waals surface area contributed by atoms with Gasteiger partial charge in [0, 0.05) is 36.1 Å². The number of pyridine rings is 1. The standard InChI is InChI=1S/C18H19BrN4O/c1-4-15-17(23-11-12(19)5-10-16(23)21-15)18(24)20-13-6-8-14(9-7-13)22(2)3/h5-11H,4H2,1-3H3,(H,20,24). The summed E-state index contributed by atoms with van der Waals surface area (Å²) in [5.41, 5.74) is 3.97. The van der Waals surface area contributed by atoms with Crippen molar-refractivity contribution >= 4 is 38.9 Å². The Kier molecular flexibility index (Phi) is 4.57. The van der Waals surface area contributed by atoms with Crippen LogP contribution in [0, 0.1) is 0 Å². The van der Waals surface area contributed by atoms with Gasteiger partial charge in [0.25, 0.3) is 5.91 Å². The topological polar surface area (TPSA) is 49.6 Å². The van der Waals surface area contributed by atoms with E-state index in [1.807, 2.05) is 72.9 Å². The zero-order chi connectivity index (χ0) is 17.3. The number of benzene rings is 1. The molecule has 0 atom stereocenters. The van der Waals surface area contributed by atoms with E-state index in [0.717, 1.165) is 27.2 Å². The third-order valence-corrected chi connectivity index (χ3v) is 4.32. The first kappa shape index (κ1) is 16.5. The number of nitrogens with one attached hydrogen (secondary N) is 1. The molecule has 0 aliphatic heterocycles. The monoisotopic (exact) mass is 386 g/mol. The van der Waals surface area contributed by atoms with Gasteiger partial charge in [-0.1, -0.05) is 6.92 Å². The fourth-order valence-electron chi connectivity index (χ4n) is 2.59. The minimum Gasteiger partial charge on any atom is -0.378 e. The van der Waals surface area contributed by atoms with Crippen LogP contribution in [0.1, 0.15) is 23.1 Å². The Balaban J connectivity index is 1.94. The van der Waals surface area contributed by atoms with Crippen molar-refractivity contribution in [1.29, 1.82) is 0 Å². The number of imidazole rings is 1. The van der Waals surface area contributed by atoms with Crippen molar-refractivity contribution in [3.8, 4) is 0 Å². The number of aryl methyl sites for hydroxylation is 1. The highest BCUT2D eigenvalue weighted by Crippen LogP contribution is 2.20. The number of anilines is 2. The first-order valence-electron chi connectivity index (χ1n) is 7.75. The van der Waals surface area contributed by atoms with Crippen molar-refractivity contribution in [3.05, 3.63) is 58.5 Å². The van der Waals surface area contributed by atoms with Crippen LogP contribution in [-0.2, 0) is 6.42 Å². The summed E-state index contributed by atoms with van der Waals surface area (Å²) in [6.07, 6.45) is 2.56. The molecule has 0 bridgehead atoms. The summed E-state index contributed by atoms with van der Waals surface area (Å²) in [5, 5.41) is 2.96. The van der Waals surface area contributed by atoms with Crippen LogP contribution in [0.3, 0.4) is 0 Å². The highest BCUT2D eigenvalue weighted by atomic mass is 79.9. The molecule has 0 aliphatic carbocycles. The van der Waals surface area contributed by atoms with Crippen molar-refractivity contribution < 1.29 is 4.79 Å². The highest BCUT2D eigenvalue weighted by Gasteiger charge is 2.18. The normalized spacial score (nSPS) is 10.8. The Labute approximate surface area is 149 Å². The van der Waals surface area contributed by atoms with E-state index in [1.54, 1.807) is 0 Å². The summed E-state index contributed by atoms with van der Waals surface area (Å²) in [7, 11) is 3.97. The van der Waals surface area contributed by atoms with E-state index in [0.29, 0.717) is 12.1 Å². The first-order chi connectivity index (χ1) is 11.5. The van der Waals surface area contributed by atoms with Crippen molar-refractivity contribution in [2.75, 3.05) is 24.3 Å². The maximum absolute atomic E-state index is 12.8. The molecular formula is C18H19BrN4O. The average Bonchev–Trinajstić information content (AvgIpc) is 2.93. The van der Waals surface area contributed by atoms with E-state index in [9.17, 15) is 4.79 Å². The van der Waals surface area contributed by atoms with Crippen molar-refractivity contribution in [3.63, 3.8) is 0 Å². The molecule has 24 heavy (non-hydrogen) atoms. The number of carbonyl (C=O) groups excluding carboxylic acids is 1. The van der Waals surface area contributed by atoms with Gasteiger partial charge in [-0.15, -0.1) is 0 Å². The van der Waals surface area contributed by atoms with Gasteiger partial charge < -0.3 is 10.2 Å².